The third-order valence-electron chi connectivity index (χ3n) is 2.08. The Bertz CT molecular complexity index is 338. The van der Waals surface area contributed by atoms with E-state index in [4.69, 9.17) is 0 Å². The van der Waals surface area contributed by atoms with E-state index in [0.29, 0.717) is 0 Å². The molecule has 0 radical (unpaired) electrons. The van der Waals surface area contributed by atoms with Gasteiger partial charge in [-0.05, 0) is 17.5 Å². The fraction of sp³-hybridized carbons (Fsp3) is 0.308. The summed E-state index contributed by atoms with van der Waals surface area (Å²) in [4.78, 5) is 10.7. The summed E-state index contributed by atoms with van der Waals surface area (Å²) in [5.41, 5.74) is 2.54. The lowest BCUT2D eigenvalue weighted by Crippen LogP contribution is -1.82. The van der Waals surface area contributed by atoms with Crippen molar-refractivity contribution in [1.82, 2.24) is 0 Å². The van der Waals surface area contributed by atoms with Crippen LogP contribution in [0.4, 0.5) is 0 Å². The van der Waals surface area contributed by atoms with Crippen molar-refractivity contribution in [3.8, 4) is 0 Å². The van der Waals surface area contributed by atoms with Gasteiger partial charge in [-0.25, -0.2) is 0 Å². The number of aryl methyl sites for hydroxylation is 1. The van der Waals surface area contributed by atoms with Crippen molar-refractivity contribution < 1.29 is 4.79 Å². The van der Waals surface area contributed by atoms with Gasteiger partial charge < -0.3 is 0 Å². The average molecular weight is 220 g/mol. The standard InChI is InChI=1S/C13H16OS/c1-3-12-6-8-13(9-7-12)5-4-10-15-11(2)14/h4-9H,3,10H2,1-2H3. The Kier molecular flexibility index (Phi) is 5.19. The molecule has 0 N–H and O–H groups in total. The van der Waals surface area contributed by atoms with Gasteiger partial charge in [0.25, 0.3) is 0 Å². The molecule has 0 spiro atoms. The van der Waals surface area contributed by atoms with Crippen molar-refractivity contribution in [1.29, 1.82) is 0 Å². The average Bonchev–Trinajstić information content (AvgIpc) is 2.25. The second-order valence-corrected chi connectivity index (χ2v) is 4.50. The molecule has 1 rings (SSSR count). The topological polar surface area (TPSA) is 17.1 Å². The van der Waals surface area contributed by atoms with E-state index in [0.717, 1.165) is 12.2 Å². The highest BCUT2D eigenvalue weighted by Gasteiger charge is 1.91. The van der Waals surface area contributed by atoms with E-state index < -0.39 is 0 Å². The summed E-state index contributed by atoms with van der Waals surface area (Å²) < 4.78 is 0. The molecule has 0 saturated carbocycles. The molecule has 0 bridgehead atoms. The fourth-order valence-corrected chi connectivity index (χ4v) is 1.64. The van der Waals surface area contributed by atoms with Gasteiger partial charge in [0, 0.05) is 12.7 Å². The highest BCUT2D eigenvalue weighted by molar-refractivity contribution is 8.13. The van der Waals surface area contributed by atoms with Crippen LogP contribution in [0.2, 0.25) is 0 Å². The predicted molar refractivity (Wildman–Crippen MR) is 68.0 cm³/mol. The van der Waals surface area contributed by atoms with Crippen LogP contribution < -0.4 is 0 Å². The lowest BCUT2D eigenvalue weighted by Gasteiger charge is -1.97. The van der Waals surface area contributed by atoms with Crippen LogP contribution in [0.5, 0.6) is 0 Å². The number of hydrogen-bond donors (Lipinski definition) is 0. The molecule has 15 heavy (non-hydrogen) atoms. The van der Waals surface area contributed by atoms with Gasteiger partial charge in [-0.2, -0.15) is 0 Å². The summed E-state index contributed by atoms with van der Waals surface area (Å²) in [6, 6.07) is 8.48. The summed E-state index contributed by atoms with van der Waals surface area (Å²) in [5.74, 6) is 0.755. The Labute approximate surface area is 95.6 Å². The highest BCUT2D eigenvalue weighted by atomic mass is 32.2. The summed E-state index contributed by atoms with van der Waals surface area (Å²) in [5, 5.41) is 0.168. The SMILES string of the molecule is CCc1ccc(C=CCSC(C)=O)cc1. The lowest BCUT2D eigenvalue weighted by atomic mass is 10.1. The molecule has 0 aliphatic heterocycles. The molecule has 1 aromatic rings. The third-order valence-corrected chi connectivity index (χ3v) is 2.85. The number of rotatable bonds is 4. The maximum atomic E-state index is 10.7. The number of hydrogen-bond acceptors (Lipinski definition) is 2. The van der Waals surface area contributed by atoms with Crippen molar-refractivity contribution >= 4 is 23.0 Å². The van der Waals surface area contributed by atoms with E-state index in [1.807, 2.05) is 6.08 Å². The van der Waals surface area contributed by atoms with Crippen LogP contribution in [-0.2, 0) is 11.2 Å². The molecular weight excluding hydrogens is 204 g/mol. The molecule has 2 heteroatoms. The highest BCUT2D eigenvalue weighted by Crippen LogP contribution is 2.08. The number of carbonyl (C=O) groups excluding carboxylic acids is 1. The summed E-state index contributed by atoms with van der Waals surface area (Å²) in [7, 11) is 0. The molecule has 0 heterocycles. The van der Waals surface area contributed by atoms with E-state index in [-0.39, 0.29) is 5.12 Å². The molecule has 0 aromatic heterocycles. The van der Waals surface area contributed by atoms with E-state index >= 15 is 0 Å². The third kappa shape index (κ3) is 4.84. The quantitative estimate of drug-likeness (QED) is 0.772. The van der Waals surface area contributed by atoms with Crippen molar-refractivity contribution in [3.63, 3.8) is 0 Å². The Balaban J connectivity index is 2.46. The van der Waals surface area contributed by atoms with Gasteiger partial charge in [0.05, 0.1) is 0 Å². The summed E-state index contributed by atoms with van der Waals surface area (Å²) >= 11 is 1.33. The van der Waals surface area contributed by atoms with E-state index in [2.05, 4.69) is 37.3 Å². The molecule has 1 nitrogen and oxygen atoms in total. The van der Waals surface area contributed by atoms with E-state index in [1.54, 1.807) is 6.92 Å². The smallest absolute Gasteiger partial charge is 0.186 e. The molecule has 0 saturated heterocycles. The Morgan fingerprint density at radius 3 is 2.53 bits per heavy atom. The largest absolute Gasteiger partial charge is 0.288 e. The van der Waals surface area contributed by atoms with Crippen LogP contribution in [0, 0.1) is 0 Å². The maximum Gasteiger partial charge on any atom is 0.186 e. The first-order chi connectivity index (χ1) is 7.22. The molecule has 0 aliphatic carbocycles. The van der Waals surface area contributed by atoms with Crippen LogP contribution in [0.1, 0.15) is 25.0 Å². The van der Waals surface area contributed by atoms with Gasteiger partial charge in [0.15, 0.2) is 5.12 Å². The minimum atomic E-state index is 0.168. The van der Waals surface area contributed by atoms with E-state index in [1.165, 1.54) is 22.9 Å². The van der Waals surface area contributed by atoms with Crippen molar-refractivity contribution in [2.75, 3.05) is 5.75 Å². The second kappa shape index (κ2) is 6.46. The molecular formula is C13H16OS. The first kappa shape index (κ1) is 12.1. The van der Waals surface area contributed by atoms with Crippen molar-refractivity contribution in [3.05, 3.63) is 41.5 Å². The van der Waals surface area contributed by atoms with Gasteiger partial charge in [0.1, 0.15) is 0 Å². The minimum absolute atomic E-state index is 0.168. The van der Waals surface area contributed by atoms with Crippen LogP contribution >= 0.6 is 11.8 Å². The fourth-order valence-electron chi connectivity index (χ4n) is 1.21. The molecule has 0 fully saturated rings. The first-order valence-electron chi connectivity index (χ1n) is 5.11. The Morgan fingerprint density at radius 2 is 2.00 bits per heavy atom. The van der Waals surface area contributed by atoms with Crippen LogP contribution in [0.15, 0.2) is 30.3 Å². The van der Waals surface area contributed by atoms with Gasteiger partial charge in [-0.3, -0.25) is 4.79 Å². The molecule has 0 unspecified atom stereocenters. The van der Waals surface area contributed by atoms with Crippen molar-refractivity contribution in [2.45, 2.75) is 20.3 Å². The monoisotopic (exact) mass is 220 g/mol. The molecule has 0 atom stereocenters. The Morgan fingerprint density at radius 1 is 1.33 bits per heavy atom. The summed E-state index contributed by atoms with van der Waals surface area (Å²) in [6.45, 7) is 3.74. The number of thioether (sulfide) groups is 1. The molecule has 80 valence electrons. The van der Waals surface area contributed by atoms with Gasteiger partial charge in [-0.1, -0.05) is 55.1 Å². The van der Waals surface area contributed by atoms with E-state index in [9.17, 15) is 4.79 Å². The molecule has 0 aliphatic rings. The predicted octanol–water partition coefficient (Wildman–Crippen LogP) is 3.54. The van der Waals surface area contributed by atoms with Crippen LogP contribution in [0.25, 0.3) is 6.08 Å². The van der Waals surface area contributed by atoms with Crippen LogP contribution in [-0.4, -0.2) is 10.9 Å². The lowest BCUT2D eigenvalue weighted by molar-refractivity contribution is -0.109. The zero-order valence-electron chi connectivity index (χ0n) is 9.19. The molecule has 1 aromatic carbocycles. The summed E-state index contributed by atoms with van der Waals surface area (Å²) in [6.07, 6.45) is 5.15. The normalized spacial score (nSPS) is 10.8. The van der Waals surface area contributed by atoms with Crippen LogP contribution in [0.3, 0.4) is 0 Å². The van der Waals surface area contributed by atoms with Gasteiger partial charge in [0.2, 0.25) is 0 Å². The number of benzene rings is 1. The first-order valence-corrected chi connectivity index (χ1v) is 6.09. The van der Waals surface area contributed by atoms with Crippen molar-refractivity contribution in [2.24, 2.45) is 0 Å². The maximum absolute atomic E-state index is 10.7. The molecule has 0 amide bonds. The zero-order valence-corrected chi connectivity index (χ0v) is 10.0. The minimum Gasteiger partial charge on any atom is -0.288 e. The van der Waals surface area contributed by atoms with Gasteiger partial charge >= 0.3 is 0 Å². The Hall–Kier alpha value is -1.02. The number of carbonyl (C=O) groups is 1. The second-order valence-electron chi connectivity index (χ2n) is 3.30. The van der Waals surface area contributed by atoms with Gasteiger partial charge in [-0.15, -0.1) is 0 Å². The zero-order chi connectivity index (χ0) is 11.1.